The number of anilines is 1. The van der Waals surface area contributed by atoms with Gasteiger partial charge in [-0.2, -0.15) is 0 Å². The Kier molecular flexibility index (Phi) is 4.82. The number of phenolic OH excluding ortho intramolecular Hbond substituents is 1. The third kappa shape index (κ3) is 3.08. The first-order valence-corrected chi connectivity index (χ1v) is 11.2. The van der Waals surface area contributed by atoms with Gasteiger partial charge in [0.2, 0.25) is 5.78 Å². The number of ether oxygens (including phenoxy) is 1. The third-order valence-corrected chi connectivity index (χ3v) is 6.46. The maximum atomic E-state index is 13.9. The normalized spacial score (nSPS) is 15.9. The molecular formula is C28H20N2O6. The van der Waals surface area contributed by atoms with Crippen LogP contribution in [0.4, 0.5) is 5.69 Å². The number of nitrogens with zero attached hydrogens (tertiary/aromatic N) is 1. The number of phenols is 1. The molecule has 1 aliphatic heterocycles. The Labute approximate surface area is 204 Å². The maximum Gasteiger partial charge on any atom is 0.294 e. The number of aliphatic hydroxyl groups excluding tert-OH is 1. The van der Waals surface area contributed by atoms with Crippen molar-refractivity contribution >= 4 is 39.2 Å². The number of carbonyl (C=O) groups excluding carboxylic acids is 2. The summed E-state index contributed by atoms with van der Waals surface area (Å²) in [6, 6.07) is 19.5. The number of ketones is 1. The van der Waals surface area contributed by atoms with Crippen molar-refractivity contribution in [3.8, 4) is 11.5 Å². The van der Waals surface area contributed by atoms with Gasteiger partial charge in [-0.25, -0.2) is 0 Å². The highest BCUT2D eigenvalue weighted by Crippen LogP contribution is 2.46. The van der Waals surface area contributed by atoms with Crippen molar-refractivity contribution in [2.24, 2.45) is 0 Å². The highest BCUT2D eigenvalue weighted by molar-refractivity contribution is 6.21. The van der Waals surface area contributed by atoms with E-state index in [1.54, 1.807) is 48.7 Å². The van der Waals surface area contributed by atoms with E-state index in [2.05, 4.69) is 4.98 Å². The van der Waals surface area contributed by atoms with Crippen molar-refractivity contribution in [2.45, 2.75) is 6.04 Å². The molecule has 1 unspecified atom stereocenters. The number of aliphatic hydroxyl groups is 1. The number of amides is 1. The van der Waals surface area contributed by atoms with Gasteiger partial charge in [0.15, 0.2) is 22.9 Å². The molecule has 0 saturated heterocycles. The quantitative estimate of drug-likeness (QED) is 0.290. The van der Waals surface area contributed by atoms with Crippen LogP contribution in [-0.2, 0) is 4.79 Å². The Morgan fingerprint density at radius 1 is 1.03 bits per heavy atom. The number of para-hydroxylation sites is 4. The number of aromatic nitrogens is 1. The van der Waals surface area contributed by atoms with Gasteiger partial charge in [-0.3, -0.25) is 14.5 Å². The molecule has 5 aromatic rings. The number of hydrogen-bond acceptors (Lipinski definition) is 6. The molecule has 0 aliphatic carbocycles. The summed E-state index contributed by atoms with van der Waals surface area (Å²) in [4.78, 5) is 31.7. The number of aromatic hydroxyl groups is 1. The molecule has 3 heterocycles. The molecule has 36 heavy (non-hydrogen) atoms. The summed E-state index contributed by atoms with van der Waals surface area (Å²) in [6.45, 7) is 0. The summed E-state index contributed by atoms with van der Waals surface area (Å²) >= 11 is 0. The predicted octanol–water partition coefficient (Wildman–Crippen LogP) is 5.41. The molecule has 1 amide bonds. The van der Waals surface area contributed by atoms with Gasteiger partial charge in [0.1, 0.15) is 5.75 Å². The molecule has 1 aliphatic rings. The number of furan rings is 1. The number of Topliss-reactive ketones (excluding diaryl/α,β-unsaturated/α-hetero) is 1. The minimum absolute atomic E-state index is 0.0483. The lowest BCUT2D eigenvalue weighted by atomic mass is 9.94. The first kappa shape index (κ1) is 21.5. The monoisotopic (exact) mass is 480 g/mol. The summed E-state index contributed by atoms with van der Waals surface area (Å²) in [5.41, 5.74) is 1.78. The van der Waals surface area contributed by atoms with Gasteiger partial charge in [-0.15, -0.1) is 0 Å². The average molecular weight is 480 g/mol. The van der Waals surface area contributed by atoms with Crippen LogP contribution >= 0.6 is 0 Å². The van der Waals surface area contributed by atoms with Crippen LogP contribution in [0.5, 0.6) is 11.5 Å². The van der Waals surface area contributed by atoms with Crippen LogP contribution in [0.2, 0.25) is 0 Å². The lowest BCUT2D eigenvalue weighted by Crippen LogP contribution is -2.31. The van der Waals surface area contributed by atoms with Gasteiger partial charge >= 0.3 is 0 Å². The van der Waals surface area contributed by atoms with E-state index in [0.29, 0.717) is 22.3 Å². The van der Waals surface area contributed by atoms with Gasteiger partial charge in [0, 0.05) is 28.0 Å². The second-order valence-corrected chi connectivity index (χ2v) is 8.44. The van der Waals surface area contributed by atoms with Gasteiger partial charge in [0.05, 0.1) is 24.4 Å². The molecular weight excluding hydrogens is 460 g/mol. The number of rotatable bonds is 5. The summed E-state index contributed by atoms with van der Waals surface area (Å²) in [6.07, 6.45) is 1.70. The van der Waals surface area contributed by atoms with Crippen molar-refractivity contribution < 1.29 is 29.0 Å². The smallest absolute Gasteiger partial charge is 0.294 e. The molecule has 0 bridgehead atoms. The first-order valence-electron chi connectivity index (χ1n) is 11.2. The zero-order valence-electron chi connectivity index (χ0n) is 19.1. The number of nitrogens with one attached hydrogen (secondary N) is 1. The SMILES string of the molecule is COc1cccc2cc(C(=O)C3=C(O)C(=O)N(c4ccccc4O)C3c3c[nH]c4ccccc34)oc12. The molecule has 178 valence electrons. The molecule has 2 aromatic heterocycles. The molecule has 6 rings (SSSR count). The average Bonchev–Trinajstić information content (AvgIpc) is 3.58. The lowest BCUT2D eigenvalue weighted by molar-refractivity contribution is -0.117. The van der Waals surface area contributed by atoms with E-state index < -0.39 is 23.5 Å². The number of H-pyrrole nitrogens is 1. The van der Waals surface area contributed by atoms with E-state index in [0.717, 1.165) is 10.9 Å². The van der Waals surface area contributed by atoms with Crippen LogP contribution in [0, 0.1) is 0 Å². The third-order valence-electron chi connectivity index (χ3n) is 6.46. The van der Waals surface area contributed by atoms with Crippen LogP contribution in [0.3, 0.4) is 0 Å². The zero-order valence-corrected chi connectivity index (χ0v) is 19.1. The van der Waals surface area contributed by atoms with Crippen LogP contribution in [0.1, 0.15) is 22.2 Å². The summed E-state index contributed by atoms with van der Waals surface area (Å²) in [5, 5.41) is 23.0. The molecule has 8 nitrogen and oxygen atoms in total. The van der Waals surface area contributed by atoms with E-state index >= 15 is 0 Å². The van der Waals surface area contributed by atoms with Crippen molar-refractivity contribution in [2.75, 3.05) is 12.0 Å². The van der Waals surface area contributed by atoms with E-state index in [1.807, 2.05) is 24.3 Å². The Morgan fingerprint density at radius 2 is 1.81 bits per heavy atom. The van der Waals surface area contributed by atoms with E-state index in [9.17, 15) is 19.8 Å². The number of benzene rings is 3. The number of methoxy groups -OCH3 is 1. The molecule has 1 atom stereocenters. The van der Waals surface area contributed by atoms with E-state index in [1.165, 1.54) is 18.1 Å². The molecule has 0 radical (unpaired) electrons. The second kappa shape index (κ2) is 8.06. The number of hydrogen-bond donors (Lipinski definition) is 3. The fraction of sp³-hybridized carbons (Fsp3) is 0.0714. The molecule has 8 heteroatoms. The zero-order chi connectivity index (χ0) is 25.0. The number of carbonyl (C=O) groups is 2. The number of fused-ring (bicyclic) bond motifs is 2. The lowest BCUT2D eigenvalue weighted by Gasteiger charge is -2.26. The topological polar surface area (TPSA) is 116 Å². The predicted molar refractivity (Wildman–Crippen MR) is 133 cm³/mol. The highest BCUT2D eigenvalue weighted by Gasteiger charge is 2.47. The Balaban J connectivity index is 1.56. The molecule has 3 aromatic carbocycles. The largest absolute Gasteiger partial charge is 0.506 e. The Bertz CT molecular complexity index is 1710. The summed E-state index contributed by atoms with van der Waals surface area (Å²) in [7, 11) is 1.50. The van der Waals surface area contributed by atoms with Crippen molar-refractivity contribution in [3.05, 3.63) is 102 Å². The van der Waals surface area contributed by atoms with Crippen molar-refractivity contribution in [1.82, 2.24) is 4.98 Å². The van der Waals surface area contributed by atoms with Crippen LogP contribution < -0.4 is 9.64 Å². The first-order chi connectivity index (χ1) is 17.5. The molecule has 3 N–H and O–H groups in total. The number of aromatic amines is 1. The Hall–Kier alpha value is -4.98. The maximum absolute atomic E-state index is 13.9. The minimum atomic E-state index is -1.02. The van der Waals surface area contributed by atoms with Crippen molar-refractivity contribution in [1.29, 1.82) is 0 Å². The fourth-order valence-electron chi connectivity index (χ4n) is 4.81. The minimum Gasteiger partial charge on any atom is -0.506 e. The Morgan fingerprint density at radius 3 is 2.61 bits per heavy atom. The second-order valence-electron chi connectivity index (χ2n) is 8.44. The van der Waals surface area contributed by atoms with Gasteiger partial charge in [-0.1, -0.05) is 42.5 Å². The standard InChI is InChI=1S/C28H20N2O6/c1-35-21-12-6-7-15-13-22(36-27(15)21)25(32)23-24(17-14-29-18-9-3-2-8-16(17)18)30(28(34)26(23)33)19-10-4-5-11-20(19)31/h2-14,24,29,31,33H,1H3. The fourth-order valence-corrected chi connectivity index (χ4v) is 4.81. The highest BCUT2D eigenvalue weighted by atomic mass is 16.5. The van der Waals surface area contributed by atoms with Gasteiger partial charge < -0.3 is 24.4 Å². The van der Waals surface area contributed by atoms with E-state index in [4.69, 9.17) is 9.15 Å². The summed E-state index contributed by atoms with van der Waals surface area (Å²) < 4.78 is 11.2. The summed E-state index contributed by atoms with van der Waals surface area (Å²) in [5.74, 6) is -1.91. The molecule has 0 saturated carbocycles. The van der Waals surface area contributed by atoms with E-state index in [-0.39, 0.29) is 22.8 Å². The molecule has 0 fully saturated rings. The van der Waals surface area contributed by atoms with Crippen molar-refractivity contribution in [3.63, 3.8) is 0 Å². The molecule has 0 spiro atoms. The van der Waals surface area contributed by atoms with Gasteiger partial charge in [0.25, 0.3) is 5.91 Å². The van der Waals surface area contributed by atoms with Gasteiger partial charge in [-0.05, 0) is 30.3 Å². The van der Waals surface area contributed by atoms with Crippen LogP contribution in [0.25, 0.3) is 21.9 Å². The van der Waals surface area contributed by atoms with Crippen LogP contribution in [0.15, 0.2) is 94.7 Å². The van der Waals surface area contributed by atoms with Crippen LogP contribution in [-0.4, -0.2) is 34.0 Å².